The van der Waals surface area contributed by atoms with Gasteiger partial charge in [-0.2, -0.15) is 20.8 Å². The standard InChI is InChI=1S/C4H9.BrH.Zn/c1-4(2)3;;/h1-3H3;1H;/q-1;;+2/p-1. The van der Waals surface area contributed by atoms with Crippen LogP contribution in [0.5, 0.6) is 0 Å². The van der Waals surface area contributed by atoms with Crippen LogP contribution >= 0.6 is 13.6 Å². The summed E-state index contributed by atoms with van der Waals surface area (Å²) in [5.41, 5.74) is 0. The molecule has 34 valence electrons. The average molecular weight is 202 g/mol. The maximum atomic E-state index is 3.06. The van der Waals surface area contributed by atoms with E-state index in [2.05, 4.69) is 34.4 Å². The second kappa shape index (κ2) is 9.44. The summed E-state index contributed by atoms with van der Waals surface area (Å²) >= 11 is 4.25. The Balaban J connectivity index is 0. The number of hydrogen-bond donors (Lipinski definition) is 0. The normalized spacial score (nSPS) is 7.17. The third-order valence-electron chi connectivity index (χ3n) is 0. The Bertz CT molecular complexity index is 12.3. The van der Waals surface area contributed by atoms with Crippen molar-refractivity contribution in [3.63, 3.8) is 0 Å². The molecule has 0 bridgehead atoms. The van der Waals surface area contributed by atoms with E-state index < -0.39 is 0 Å². The molecule has 0 radical (unpaired) electrons. The minimum atomic E-state index is 1.19. The Hall–Kier alpha value is 1.10. The molecule has 0 aromatic rings. The van der Waals surface area contributed by atoms with Crippen LogP contribution in [0.3, 0.4) is 0 Å². The van der Waals surface area contributed by atoms with E-state index in [1.807, 2.05) is 0 Å². The fourth-order valence-electron chi connectivity index (χ4n) is 0. The van der Waals surface area contributed by atoms with Gasteiger partial charge in [-0.25, -0.2) is 0 Å². The molecule has 0 aliphatic rings. The van der Waals surface area contributed by atoms with E-state index in [0.717, 1.165) is 0 Å². The van der Waals surface area contributed by atoms with Gasteiger partial charge in [-0.3, -0.25) is 0 Å². The molecule has 6 heavy (non-hydrogen) atoms. The molecule has 0 rings (SSSR count). The summed E-state index contributed by atoms with van der Waals surface area (Å²) in [6.07, 6.45) is 0. The van der Waals surface area contributed by atoms with Gasteiger partial charge in [0.05, 0.1) is 0 Å². The van der Waals surface area contributed by atoms with Crippen LogP contribution in [0, 0.1) is 5.92 Å². The van der Waals surface area contributed by atoms with Crippen molar-refractivity contribution < 1.29 is 16.3 Å². The molecule has 0 nitrogen and oxygen atoms in total. The quantitative estimate of drug-likeness (QED) is 0.418. The van der Waals surface area contributed by atoms with Crippen molar-refractivity contribution in [3.8, 4) is 0 Å². The number of halogens is 1. The van der Waals surface area contributed by atoms with E-state index in [0.29, 0.717) is 0 Å². The third kappa shape index (κ3) is 70.6. The zero-order valence-corrected chi connectivity index (χ0v) is 9.14. The average Bonchev–Trinajstić information content (AvgIpc) is 1.41. The molecule has 2 heteroatoms. The van der Waals surface area contributed by atoms with Gasteiger partial charge in [0.25, 0.3) is 0 Å². The zero-order valence-electron chi connectivity index (χ0n) is 4.59. The minimum absolute atomic E-state index is 1.19. The van der Waals surface area contributed by atoms with Crippen molar-refractivity contribution in [1.82, 2.24) is 0 Å². The molecule has 0 aliphatic carbocycles. The van der Waals surface area contributed by atoms with Crippen LogP contribution in [0.1, 0.15) is 20.8 Å². The predicted octanol–water partition coefficient (Wildman–Crippen LogP) is 2.46. The summed E-state index contributed by atoms with van der Waals surface area (Å²) in [6.45, 7) is 6.25. The Morgan fingerprint density at radius 1 is 1.17 bits per heavy atom. The first-order valence-electron chi connectivity index (χ1n) is 1.77. The van der Waals surface area contributed by atoms with E-state index >= 15 is 0 Å². The van der Waals surface area contributed by atoms with Gasteiger partial charge in [-0.15, -0.1) is 0 Å². The van der Waals surface area contributed by atoms with Crippen LogP contribution in [-0.2, 0) is 16.3 Å². The summed E-state index contributed by atoms with van der Waals surface area (Å²) in [5, 5.41) is 0. The molecule has 0 aliphatic heterocycles. The third-order valence-corrected chi connectivity index (χ3v) is 0. The first-order chi connectivity index (χ1) is 2.73. The maximum absolute atomic E-state index is 3.06. The van der Waals surface area contributed by atoms with E-state index in [9.17, 15) is 0 Å². The fourth-order valence-corrected chi connectivity index (χ4v) is 0. The topological polar surface area (TPSA) is 0 Å². The molecular weight excluding hydrogens is 193 g/mol. The summed E-state index contributed by atoms with van der Waals surface area (Å²) in [5.74, 6) is 1.42. The Kier molecular flexibility index (Phi) is 16.0. The molecule has 0 aromatic carbocycles. The number of rotatable bonds is 0. The number of hydrogen-bond acceptors (Lipinski definition) is 0. The molecule has 0 N–H and O–H groups in total. The van der Waals surface area contributed by atoms with Gasteiger partial charge < -0.3 is 5.92 Å². The molecule has 0 heterocycles. The van der Waals surface area contributed by atoms with Crippen molar-refractivity contribution in [3.05, 3.63) is 5.92 Å². The van der Waals surface area contributed by atoms with E-state index in [1.54, 1.807) is 0 Å². The van der Waals surface area contributed by atoms with Crippen LogP contribution in [0.25, 0.3) is 0 Å². The molecule has 0 atom stereocenters. The predicted molar refractivity (Wildman–Crippen MR) is 29.2 cm³/mol. The fraction of sp³-hybridized carbons (Fsp3) is 0.750. The summed E-state index contributed by atoms with van der Waals surface area (Å²) < 4.78 is 0. The van der Waals surface area contributed by atoms with Crippen LogP contribution in [-0.4, -0.2) is 0 Å². The van der Waals surface area contributed by atoms with Crippen molar-refractivity contribution in [2.24, 2.45) is 0 Å². The molecule has 0 aromatic heterocycles. The van der Waals surface area contributed by atoms with Crippen molar-refractivity contribution in [2.45, 2.75) is 20.8 Å². The Labute approximate surface area is 56.7 Å². The van der Waals surface area contributed by atoms with E-state index in [-0.39, 0.29) is 0 Å². The van der Waals surface area contributed by atoms with Gasteiger partial charge in [0, 0.05) is 0 Å². The molecule has 0 saturated carbocycles. The summed E-state index contributed by atoms with van der Waals surface area (Å²) in [6, 6.07) is 0. The van der Waals surface area contributed by atoms with Gasteiger partial charge in [0.1, 0.15) is 0 Å². The molecule has 0 fully saturated rings. The van der Waals surface area contributed by atoms with E-state index in [1.165, 1.54) is 22.3 Å². The van der Waals surface area contributed by atoms with Gasteiger partial charge >= 0.3 is 30.0 Å². The SMILES string of the molecule is C[C-](C)C.[Zn+][Br]. The summed E-state index contributed by atoms with van der Waals surface area (Å²) in [7, 11) is 0. The van der Waals surface area contributed by atoms with Crippen LogP contribution in [0.2, 0.25) is 0 Å². The first kappa shape index (κ1) is 10.2. The molecule has 0 unspecified atom stereocenters. The van der Waals surface area contributed by atoms with Gasteiger partial charge in [-0.1, -0.05) is 0 Å². The van der Waals surface area contributed by atoms with Crippen LogP contribution in [0.15, 0.2) is 0 Å². The molecular formula is C4H9BrZn. The van der Waals surface area contributed by atoms with Crippen molar-refractivity contribution in [2.75, 3.05) is 0 Å². The Morgan fingerprint density at radius 2 is 1.17 bits per heavy atom. The zero-order chi connectivity index (χ0) is 5.58. The van der Waals surface area contributed by atoms with Gasteiger partial charge in [-0.05, 0) is 0 Å². The molecule has 0 amide bonds. The molecule has 0 saturated heterocycles. The van der Waals surface area contributed by atoms with Crippen LogP contribution < -0.4 is 0 Å². The van der Waals surface area contributed by atoms with Gasteiger partial charge in [0.2, 0.25) is 0 Å². The van der Waals surface area contributed by atoms with E-state index in [4.69, 9.17) is 0 Å². The first-order valence-corrected chi connectivity index (χ1v) is 8.72. The second-order valence-electron chi connectivity index (χ2n) is 1.50. The summed E-state index contributed by atoms with van der Waals surface area (Å²) in [4.78, 5) is 0. The molecule has 0 spiro atoms. The monoisotopic (exact) mass is 200 g/mol. The Morgan fingerprint density at radius 3 is 1.17 bits per heavy atom. The van der Waals surface area contributed by atoms with Crippen molar-refractivity contribution >= 4 is 13.6 Å². The van der Waals surface area contributed by atoms with Gasteiger partial charge in [0.15, 0.2) is 0 Å². The van der Waals surface area contributed by atoms with Crippen LogP contribution in [0.4, 0.5) is 0 Å². The second-order valence-corrected chi connectivity index (χ2v) is 1.50. The van der Waals surface area contributed by atoms with Crippen molar-refractivity contribution in [1.29, 1.82) is 0 Å².